The molecule has 2 N–H and O–H groups in total. The second kappa shape index (κ2) is 5.79. The van der Waals surface area contributed by atoms with Crippen LogP contribution in [-0.2, 0) is 20.7 Å². The van der Waals surface area contributed by atoms with Gasteiger partial charge in [-0.25, -0.2) is 0 Å². The number of hydrogen-bond acceptors (Lipinski definition) is 4. The molecule has 0 aromatic heterocycles. The number of amides is 2. The Kier molecular flexibility index (Phi) is 3.62. The summed E-state index contributed by atoms with van der Waals surface area (Å²) in [5, 5.41) is 13.3. The summed E-state index contributed by atoms with van der Waals surface area (Å²) in [6.45, 7) is 2.41. The number of likely N-dealkylation sites (tertiary alicyclic amines) is 1. The lowest BCUT2D eigenvalue weighted by molar-refractivity contribution is -0.160. The summed E-state index contributed by atoms with van der Waals surface area (Å²) in [5.41, 5.74) is 1.02. The van der Waals surface area contributed by atoms with Crippen molar-refractivity contribution in [1.82, 2.24) is 10.2 Å². The molecule has 8 atom stereocenters. The van der Waals surface area contributed by atoms with E-state index in [1.165, 1.54) is 0 Å². The number of benzene rings is 1. The van der Waals surface area contributed by atoms with Crippen LogP contribution in [0, 0.1) is 23.7 Å². The molecule has 2 bridgehead atoms. The van der Waals surface area contributed by atoms with Gasteiger partial charge in [0.1, 0.15) is 12.3 Å². The first-order chi connectivity index (χ1) is 12.6. The third-order valence-corrected chi connectivity index (χ3v) is 6.81. The van der Waals surface area contributed by atoms with Crippen molar-refractivity contribution >= 4 is 11.8 Å². The number of nitrogens with zero attached hydrogens (tertiary/aromatic N) is 1. The summed E-state index contributed by atoms with van der Waals surface area (Å²) >= 11 is 0. The van der Waals surface area contributed by atoms with Gasteiger partial charge in [-0.05, 0) is 30.7 Å². The first-order valence-corrected chi connectivity index (χ1v) is 9.59. The molecule has 2 amide bonds. The summed E-state index contributed by atoms with van der Waals surface area (Å²) in [7, 11) is 0. The third-order valence-electron chi connectivity index (χ3n) is 6.81. The predicted octanol–water partition coefficient (Wildman–Crippen LogP) is 0.544. The van der Waals surface area contributed by atoms with Crippen LogP contribution in [0.3, 0.4) is 0 Å². The Bertz CT molecular complexity index is 739. The van der Waals surface area contributed by atoms with E-state index in [-0.39, 0.29) is 47.8 Å². The molecule has 138 valence electrons. The number of likely N-dealkylation sites (N-methyl/N-ethyl adjacent to an activating group) is 1. The molecule has 2 saturated carbocycles. The second-order valence-electron chi connectivity index (χ2n) is 7.99. The van der Waals surface area contributed by atoms with Crippen molar-refractivity contribution in [3.63, 3.8) is 0 Å². The zero-order valence-electron chi connectivity index (χ0n) is 14.7. The number of ether oxygens (including phenoxy) is 1. The van der Waals surface area contributed by atoms with Gasteiger partial charge in [0.2, 0.25) is 11.8 Å². The topological polar surface area (TPSA) is 78.9 Å². The minimum absolute atomic E-state index is 0.0101. The molecular weight excluding hydrogens is 332 g/mol. The van der Waals surface area contributed by atoms with E-state index in [4.69, 9.17) is 4.74 Å². The van der Waals surface area contributed by atoms with E-state index in [1.54, 1.807) is 4.90 Å². The number of fused-ring (bicyclic) bond motifs is 2. The molecule has 6 nitrogen and oxygen atoms in total. The summed E-state index contributed by atoms with van der Waals surface area (Å²) in [4.78, 5) is 27.8. The highest BCUT2D eigenvalue weighted by atomic mass is 16.5. The van der Waals surface area contributed by atoms with Crippen LogP contribution in [-0.4, -0.2) is 52.8 Å². The standard InChI is InChI=1S/C20H24N2O4/c1-2-21-18(24)13(8-10-6-4-3-5-7-10)22-19(25)14-11-9-12-15(14)20(22)26-17(12)16(11)23/h3-7,11-17,20,23H,2,8-9H2,1H3,(H,21,24). The molecule has 5 rings (SSSR count). The van der Waals surface area contributed by atoms with Crippen molar-refractivity contribution in [3.8, 4) is 0 Å². The van der Waals surface area contributed by atoms with Crippen molar-refractivity contribution in [2.75, 3.05) is 6.54 Å². The summed E-state index contributed by atoms with van der Waals surface area (Å²) in [6, 6.07) is 9.21. The lowest BCUT2D eigenvalue weighted by Gasteiger charge is -2.34. The Balaban J connectivity index is 1.48. The van der Waals surface area contributed by atoms with Crippen molar-refractivity contribution in [2.24, 2.45) is 23.7 Å². The van der Waals surface area contributed by atoms with Gasteiger partial charge < -0.3 is 20.1 Å². The third kappa shape index (κ3) is 2.06. The van der Waals surface area contributed by atoms with Gasteiger partial charge in [0.25, 0.3) is 0 Å². The molecule has 8 unspecified atom stereocenters. The molecule has 26 heavy (non-hydrogen) atoms. The molecule has 2 aliphatic carbocycles. The number of rotatable bonds is 5. The fourth-order valence-corrected chi connectivity index (χ4v) is 5.87. The van der Waals surface area contributed by atoms with E-state index in [1.807, 2.05) is 37.3 Å². The highest BCUT2D eigenvalue weighted by Gasteiger charge is 2.73. The number of carbonyl (C=O) groups excluding carboxylic acids is 2. The zero-order chi connectivity index (χ0) is 18.0. The first-order valence-electron chi connectivity index (χ1n) is 9.59. The second-order valence-corrected chi connectivity index (χ2v) is 7.99. The van der Waals surface area contributed by atoms with Gasteiger partial charge >= 0.3 is 0 Å². The fraction of sp³-hybridized carbons (Fsp3) is 0.600. The van der Waals surface area contributed by atoms with Crippen LogP contribution in [0.1, 0.15) is 18.9 Å². The van der Waals surface area contributed by atoms with Crippen molar-refractivity contribution in [3.05, 3.63) is 35.9 Å². The fourth-order valence-electron chi connectivity index (χ4n) is 5.87. The van der Waals surface area contributed by atoms with E-state index in [9.17, 15) is 14.7 Å². The molecule has 2 aliphatic heterocycles. The van der Waals surface area contributed by atoms with E-state index in [0.29, 0.717) is 13.0 Å². The Morgan fingerprint density at radius 3 is 2.85 bits per heavy atom. The number of nitrogens with one attached hydrogen (secondary N) is 1. The van der Waals surface area contributed by atoms with Gasteiger partial charge in [0.15, 0.2) is 0 Å². The summed E-state index contributed by atoms with van der Waals surface area (Å²) < 4.78 is 6.15. The Morgan fingerprint density at radius 2 is 2.12 bits per heavy atom. The molecule has 4 aliphatic rings. The molecule has 2 heterocycles. The number of carbonyl (C=O) groups is 2. The quantitative estimate of drug-likeness (QED) is 0.807. The number of aliphatic hydroxyl groups excluding tert-OH is 1. The minimum Gasteiger partial charge on any atom is -0.390 e. The van der Waals surface area contributed by atoms with Gasteiger partial charge in [-0.3, -0.25) is 9.59 Å². The minimum atomic E-state index is -0.573. The summed E-state index contributed by atoms with van der Waals surface area (Å²) in [6.07, 6.45) is 0.269. The van der Waals surface area contributed by atoms with Gasteiger partial charge in [-0.1, -0.05) is 30.3 Å². The van der Waals surface area contributed by atoms with E-state index >= 15 is 0 Å². The maximum atomic E-state index is 13.3. The van der Waals surface area contributed by atoms with Crippen LogP contribution in [0.25, 0.3) is 0 Å². The molecule has 4 fully saturated rings. The average Bonchev–Trinajstić information content (AvgIpc) is 3.32. The molecule has 2 saturated heterocycles. The molecule has 1 aromatic carbocycles. The van der Waals surface area contributed by atoms with Gasteiger partial charge in [-0.15, -0.1) is 0 Å². The Labute approximate surface area is 152 Å². The average molecular weight is 356 g/mol. The largest absolute Gasteiger partial charge is 0.390 e. The maximum absolute atomic E-state index is 13.3. The smallest absolute Gasteiger partial charge is 0.243 e. The Hall–Kier alpha value is -1.92. The molecular formula is C20H24N2O4. The van der Waals surface area contributed by atoms with Crippen LogP contribution < -0.4 is 5.32 Å². The van der Waals surface area contributed by atoms with Crippen molar-refractivity contribution in [2.45, 2.75) is 44.2 Å². The lowest BCUT2D eigenvalue weighted by Crippen LogP contribution is -2.54. The zero-order valence-corrected chi connectivity index (χ0v) is 14.7. The van der Waals surface area contributed by atoms with E-state index in [2.05, 4.69) is 5.32 Å². The molecule has 1 aromatic rings. The summed E-state index contributed by atoms with van der Waals surface area (Å²) in [5.74, 6) is 0.0394. The van der Waals surface area contributed by atoms with Crippen molar-refractivity contribution in [1.29, 1.82) is 0 Å². The monoisotopic (exact) mass is 356 g/mol. The van der Waals surface area contributed by atoms with Crippen LogP contribution in [0.2, 0.25) is 0 Å². The van der Waals surface area contributed by atoms with Crippen LogP contribution >= 0.6 is 0 Å². The van der Waals surface area contributed by atoms with Crippen molar-refractivity contribution < 1.29 is 19.4 Å². The predicted molar refractivity (Wildman–Crippen MR) is 92.7 cm³/mol. The normalized spacial score (nSPS) is 40.3. The lowest BCUT2D eigenvalue weighted by atomic mass is 9.80. The van der Waals surface area contributed by atoms with Crippen LogP contribution in [0.5, 0.6) is 0 Å². The van der Waals surface area contributed by atoms with E-state index < -0.39 is 12.1 Å². The number of aliphatic hydroxyl groups is 1. The highest BCUT2D eigenvalue weighted by Crippen LogP contribution is 2.63. The highest BCUT2D eigenvalue weighted by molar-refractivity contribution is 5.91. The van der Waals surface area contributed by atoms with Crippen LogP contribution in [0.15, 0.2) is 30.3 Å². The van der Waals surface area contributed by atoms with Gasteiger partial charge in [0.05, 0.1) is 18.1 Å². The molecule has 0 spiro atoms. The van der Waals surface area contributed by atoms with Crippen LogP contribution in [0.4, 0.5) is 0 Å². The SMILES string of the molecule is CCNC(=O)C(Cc1ccccc1)N1C(=O)C2C3CC4C(OC1C42)C3O. The Morgan fingerprint density at radius 1 is 1.35 bits per heavy atom. The molecule has 6 heteroatoms. The maximum Gasteiger partial charge on any atom is 0.243 e. The van der Waals surface area contributed by atoms with E-state index in [0.717, 1.165) is 12.0 Å². The van der Waals surface area contributed by atoms with Gasteiger partial charge in [-0.2, -0.15) is 0 Å². The first kappa shape index (κ1) is 16.3. The number of hydrogen-bond donors (Lipinski definition) is 2. The van der Waals surface area contributed by atoms with Gasteiger partial charge in [0, 0.05) is 18.9 Å². The molecule has 0 radical (unpaired) electrons.